The number of benzene rings is 3. The van der Waals surface area contributed by atoms with E-state index in [-0.39, 0.29) is 5.91 Å². The summed E-state index contributed by atoms with van der Waals surface area (Å²) in [5, 5.41) is 16.4. The predicted octanol–water partition coefficient (Wildman–Crippen LogP) is 5.47. The molecule has 1 amide bonds. The maximum atomic E-state index is 13.1. The number of carbonyl (C=O) groups excluding carboxylic acids is 1. The summed E-state index contributed by atoms with van der Waals surface area (Å²) in [5.74, 6) is 0.522. The normalized spacial score (nSPS) is 11.8. The van der Waals surface area contributed by atoms with Gasteiger partial charge in [0.05, 0.1) is 12.6 Å². The molecular formula is C25H18Cl2N6O2. The van der Waals surface area contributed by atoms with Crippen LogP contribution in [0, 0.1) is 0 Å². The van der Waals surface area contributed by atoms with Gasteiger partial charge in [0.2, 0.25) is 11.8 Å². The van der Waals surface area contributed by atoms with Gasteiger partial charge in [0, 0.05) is 26.7 Å². The number of nitrogens with one attached hydrogen (secondary N) is 1. The van der Waals surface area contributed by atoms with E-state index in [0.717, 1.165) is 11.1 Å². The van der Waals surface area contributed by atoms with Crippen molar-refractivity contribution in [3.8, 4) is 22.9 Å². The molecule has 1 atom stereocenters. The zero-order chi connectivity index (χ0) is 24.2. The fourth-order valence-corrected chi connectivity index (χ4v) is 4.10. The summed E-state index contributed by atoms with van der Waals surface area (Å²) in [4.78, 5) is 17.1. The average Bonchev–Trinajstić information content (AvgIpc) is 3.57. The Kier molecular flexibility index (Phi) is 6.56. The van der Waals surface area contributed by atoms with Crippen LogP contribution in [0.4, 0.5) is 0 Å². The molecule has 0 aliphatic rings. The molecule has 0 bridgehead atoms. The molecule has 35 heavy (non-hydrogen) atoms. The highest BCUT2D eigenvalue weighted by Crippen LogP contribution is 2.28. The van der Waals surface area contributed by atoms with E-state index in [2.05, 4.69) is 25.6 Å². The van der Waals surface area contributed by atoms with Gasteiger partial charge in [0.25, 0.3) is 5.91 Å². The van der Waals surface area contributed by atoms with E-state index in [1.165, 1.54) is 6.33 Å². The summed E-state index contributed by atoms with van der Waals surface area (Å²) in [6.07, 6.45) is 3.01. The number of rotatable bonds is 7. The fraction of sp³-hybridized carbons (Fsp3) is 0.0800. The van der Waals surface area contributed by atoms with Crippen molar-refractivity contribution in [3.05, 3.63) is 107 Å². The first kappa shape index (κ1) is 22.8. The Morgan fingerprint density at radius 2 is 1.66 bits per heavy atom. The maximum absolute atomic E-state index is 13.1. The highest BCUT2D eigenvalue weighted by molar-refractivity contribution is 6.35. The molecule has 5 aromatic rings. The molecule has 2 heterocycles. The van der Waals surface area contributed by atoms with Crippen LogP contribution in [0.1, 0.15) is 22.0 Å². The molecule has 8 nitrogen and oxygen atoms in total. The Bertz CT molecular complexity index is 1440. The van der Waals surface area contributed by atoms with Gasteiger partial charge in [-0.25, -0.2) is 4.98 Å². The summed E-state index contributed by atoms with van der Waals surface area (Å²) in [6, 6.07) is 21.1. The van der Waals surface area contributed by atoms with Crippen LogP contribution in [-0.2, 0) is 6.54 Å². The van der Waals surface area contributed by atoms with Crippen LogP contribution in [-0.4, -0.2) is 30.9 Å². The van der Waals surface area contributed by atoms with Gasteiger partial charge < -0.3 is 9.73 Å². The third-order valence-corrected chi connectivity index (χ3v) is 5.88. The summed E-state index contributed by atoms with van der Waals surface area (Å²) in [7, 11) is 0. The second-order valence-electron chi connectivity index (χ2n) is 7.67. The zero-order valence-corrected chi connectivity index (χ0v) is 19.7. The molecule has 0 saturated heterocycles. The minimum atomic E-state index is -0.460. The smallest absolute Gasteiger partial charge is 0.251 e. The first-order chi connectivity index (χ1) is 17.1. The molecule has 0 saturated carbocycles. The van der Waals surface area contributed by atoms with E-state index in [9.17, 15) is 4.79 Å². The predicted molar refractivity (Wildman–Crippen MR) is 132 cm³/mol. The Morgan fingerprint density at radius 3 is 2.31 bits per heavy atom. The van der Waals surface area contributed by atoms with Gasteiger partial charge >= 0.3 is 0 Å². The zero-order valence-electron chi connectivity index (χ0n) is 18.2. The Balaban J connectivity index is 1.34. The molecular weight excluding hydrogens is 487 g/mol. The van der Waals surface area contributed by atoms with Gasteiger partial charge in [0.15, 0.2) is 0 Å². The summed E-state index contributed by atoms with van der Waals surface area (Å²) in [6.45, 7) is 0.343. The molecule has 0 aliphatic carbocycles. The lowest BCUT2D eigenvalue weighted by Gasteiger charge is -2.20. The number of halogens is 2. The minimum absolute atomic E-state index is 0.275. The van der Waals surface area contributed by atoms with Crippen LogP contribution in [0.15, 0.2) is 89.9 Å². The van der Waals surface area contributed by atoms with E-state index < -0.39 is 6.04 Å². The van der Waals surface area contributed by atoms with Crippen molar-refractivity contribution in [2.75, 3.05) is 0 Å². The topological polar surface area (TPSA) is 98.7 Å². The van der Waals surface area contributed by atoms with Crippen molar-refractivity contribution >= 4 is 29.1 Å². The second-order valence-corrected chi connectivity index (χ2v) is 8.51. The quantitative estimate of drug-likeness (QED) is 0.315. The van der Waals surface area contributed by atoms with Crippen molar-refractivity contribution < 1.29 is 9.21 Å². The first-order valence-electron chi connectivity index (χ1n) is 10.6. The van der Waals surface area contributed by atoms with Crippen molar-refractivity contribution in [2.45, 2.75) is 12.6 Å². The molecule has 10 heteroatoms. The Labute approximate surface area is 210 Å². The van der Waals surface area contributed by atoms with Gasteiger partial charge in [-0.1, -0.05) is 47.5 Å². The molecule has 0 aliphatic heterocycles. The van der Waals surface area contributed by atoms with E-state index in [1.807, 2.05) is 30.3 Å². The lowest BCUT2D eigenvalue weighted by Crippen LogP contribution is -2.31. The minimum Gasteiger partial charge on any atom is -0.416 e. The van der Waals surface area contributed by atoms with E-state index in [4.69, 9.17) is 27.6 Å². The molecule has 0 unspecified atom stereocenters. The molecule has 3 aromatic carbocycles. The lowest BCUT2D eigenvalue weighted by molar-refractivity contribution is 0.0932. The van der Waals surface area contributed by atoms with Gasteiger partial charge in [0.1, 0.15) is 12.7 Å². The third-order valence-electron chi connectivity index (χ3n) is 5.32. The molecule has 0 fully saturated rings. The molecule has 5 rings (SSSR count). The average molecular weight is 505 g/mol. The van der Waals surface area contributed by atoms with E-state index in [0.29, 0.717) is 39.5 Å². The summed E-state index contributed by atoms with van der Waals surface area (Å²) < 4.78 is 7.42. The number of amides is 1. The molecule has 0 radical (unpaired) electrons. The summed E-state index contributed by atoms with van der Waals surface area (Å²) >= 11 is 12.5. The summed E-state index contributed by atoms with van der Waals surface area (Å²) in [5.41, 5.74) is 2.72. The Morgan fingerprint density at radius 1 is 0.943 bits per heavy atom. The van der Waals surface area contributed by atoms with Gasteiger partial charge in [-0.05, 0) is 54.1 Å². The number of carbonyl (C=O) groups is 1. The largest absolute Gasteiger partial charge is 0.416 e. The van der Waals surface area contributed by atoms with Crippen LogP contribution in [0.25, 0.3) is 22.9 Å². The van der Waals surface area contributed by atoms with Gasteiger partial charge in [-0.15, -0.1) is 10.2 Å². The van der Waals surface area contributed by atoms with Crippen LogP contribution in [0.5, 0.6) is 0 Å². The molecule has 0 spiro atoms. The van der Waals surface area contributed by atoms with Crippen LogP contribution >= 0.6 is 23.2 Å². The highest BCUT2D eigenvalue weighted by Gasteiger charge is 2.20. The monoisotopic (exact) mass is 504 g/mol. The van der Waals surface area contributed by atoms with Crippen LogP contribution in [0.3, 0.4) is 0 Å². The number of hydrogen-bond acceptors (Lipinski definition) is 6. The van der Waals surface area contributed by atoms with Gasteiger partial charge in [-0.3, -0.25) is 9.48 Å². The highest BCUT2D eigenvalue weighted by atomic mass is 35.5. The van der Waals surface area contributed by atoms with Crippen molar-refractivity contribution in [2.24, 2.45) is 0 Å². The second kappa shape index (κ2) is 10.1. The number of aromatic nitrogens is 5. The van der Waals surface area contributed by atoms with Crippen LogP contribution < -0.4 is 5.32 Å². The third kappa shape index (κ3) is 5.24. The molecule has 174 valence electrons. The van der Waals surface area contributed by atoms with Crippen molar-refractivity contribution in [1.29, 1.82) is 0 Å². The van der Waals surface area contributed by atoms with Crippen molar-refractivity contribution in [3.63, 3.8) is 0 Å². The Hall–Kier alpha value is -4.01. The fourth-order valence-electron chi connectivity index (χ4n) is 3.56. The van der Waals surface area contributed by atoms with Gasteiger partial charge in [-0.2, -0.15) is 5.10 Å². The first-order valence-corrected chi connectivity index (χ1v) is 11.4. The number of nitrogens with zero attached hydrogens (tertiary/aromatic N) is 5. The molecule has 1 N–H and O–H groups in total. The van der Waals surface area contributed by atoms with Crippen LogP contribution in [0.2, 0.25) is 10.0 Å². The van der Waals surface area contributed by atoms with E-state index in [1.54, 1.807) is 53.5 Å². The van der Waals surface area contributed by atoms with Crippen molar-refractivity contribution in [1.82, 2.24) is 30.3 Å². The number of hydrogen-bond donors (Lipinski definition) is 1. The maximum Gasteiger partial charge on any atom is 0.251 e. The SMILES string of the molecule is O=C(N[C@@H](Cn1cncn1)c1ccc(Cl)cc1Cl)c1ccc(-c2nnc(-c3ccccc3)o2)cc1. The standard InChI is InChI=1S/C25H18Cl2N6O2/c26-19-10-11-20(21(27)12-19)22(13-33-15-28-14-29-33)30-23(34)16-6-8-18(9-7-16)25-32-31-24(35-25)17-4-2-1-3-5-17/h1-12,14-15,22H,13H2,(H,30,34)/t22-/m0/s1. The lowest BCUT2D eigenvalue weighted by atomic mass is 10.1. The van der Waals surface area contributed by atoms with E-state index >= 15 is 0 Å². The molecule has 2 aromatic heterocycles.